The quantitative estimate of drug-likeness (QED) is 0.826. The van der Waals surface area contributed by atoms with Crippen molar-refractivity contribution in [2.45, 2.75) is 32.4 Å². The molecule has 6 nitrogen and oxygen atoms in total. The van der Waals surface area contributed by atoms with E-state index in [1.54, 1.807) is 16.8 Å². The number of carbonyl (C=O) groups is 1. The summed E-state index contributed by atoms with van der Waals surface area (Å²) in [5.41, 5.74) is 6.44. The molecule has 1 fully saturated rings. The Morgan fingerprint density at radius 1 is 1.40 bits per heavy atom. The number of likely N-dealkylation sites (tertiary alicyclic amines) is 1. The van der Waals surface area contributed by atoms with Crippen LogP contribution in [0.2, 0.25) is 0 Å². The van der Waals surface area contributed by atoms with Gasteiger partial charge in [0.15, 0.2) is 0 Å². The predicted octanol–water partition coefficient (Wildman–Crippen LogP) is 0.230. The van der Waals surface area contributed by atoms with E-state index in [2.05, 4.69) is 10.2 Å². The van der Waals surface area contributed by atoms with Gasteiger partial charge in [-0.25, -0.2) is 0 Å². The fourth-order valence-corrected chi connectivity index (χ4v) is 2.37. The number of nitrogens with two attached hydrogens (primary N) is 1. The van der Waals surface area contributed by atoms with Crippen LogP contribution in [0.5, 0.6) is 0 Å². The Morgan fingerprint density at radius 3 is 2.75 bits per heavy atom. The van der Waals surface area contributed by atoms with Gasteiger partial charge in [0.05, 0.1) is 12.2 Å². The molecular formula is C14H22N4O2. The Morgan fingerprint density at radius 2 is 2.10 bits per heavy atom. The highest BCUT2D eigenvalue weighted by Gasteiger charge is 2.18. The van der Waals surface area contributed by atoms with Gasteiger partial charge in [-0.05, 0) is 25.8 Å². The summed E-state index contributed by atoms with van der Waals surface area (Å²) in [4.78, 5) is 25.5. The molecule has 0 radical (unpaired) electrons. The highest BCUT2D eigenvalue weighted by molar-refractivity contribution is 5.92. The van der Waals surface area contributed by atoms with Crippen molar-refractivity contribution in [2.24, 2.45) is 5.73 Å². The molecule has 1 aromatic rings. The van der Waals surface area contributed by atoms with Crippen molar-refractivity contribution in [1.29, 1.82) is 0 Å². The summed E-state index contributed by atoms with van der Waals surface area (Å²) < 4.78 is 1.57. The van der Waals surface area contributed by atoms with Gasteiger partial charge < -0.3 is 15.6 Å². The van der Waals surface area contributed by atoms with Crippen molar-refractivity contribution in [2.75, 3.05) is 25.0 Å². The van der Waals surface area contributed by atoms with Crippen LogP contribution in [0.1, 0.15) is 19.8 Å². The summed E-state index contributed by atoms with van der Waals surface area (Å²) in [6.45, 7) is 4.58. The van der Waals surface area contributed by atoms with Crippen LogP contribution in [-0.4, -0.2) is 41.1 Å². The number of hydrogen-bond acceptors (Lipinski definition) is 4. The SMILES string of the molecule is CCn1cc(NC(=O)CN2CCC(N)CC2)ccc1=O. The molecule has 0 unspecified atom stereocenters. The molecule has 1 saturated heterocycles. The Labute approximate surface area is 118 Å². The van der Waals surface area contributed by atoms with Crippen molar-refractivity contribution in [1.82, 2.24) is 9.47 Å². The summed E-state index contributed by atoms with van der Waals surface area (Å²) in [6.07, 6.45) is 3.55. The topological polar surface area (TPSA) is 80.4 Å². The molecule has 0 saturated carbocycles. The molecule has 2 heterocycles. The second-order valence-electron chi connectivity index (χ2n) is 5.20. The lowest BCUT2D eigenvalue weighted by atomic mass is 10.1. The second-order valence-corrected chi connectivity index (χ2v) is 5.20. The van der Waals surface area contributed by atoms with E-state index in [1.165, 1.54) is 6.07 Å². The standard InChI is InChI=1S/C14H22N4O2/c1-2-18-9-12(3-4-14(18)20)16-13(19)10-17-7-5-11(15)6-8-17/h3-4,9,11H,2,5-8,10,15H2,1H3,(H,16,19). The normalized spacial score (nSPS) is 17.1. The van der Waals surface area contributed by atoms with Crippen molar-refractivity contribution in [3.8, 4) is 0 Å². The van der Waals surface area contributed by atoms with Gasteiger partial charge in [-0.2, -0.15) is 0 Å². The number of carbonyl (C=O) groups excluding carboxylic acids is 1. The zero-order valence-corrected chi connectivity index (χ0v) is 11.8. The third kappa shape index (κ3) is 3.91. The van der Waals surface area contributed by atoms with Crippen LogP contribution in [0.4, 0.5) is 5.69 Å². The molecule has 6 heteroatoms. The van der Waals surface area contributed by atoms with Gasteiger partial charge in [0.2, 0.25) is 5.91 Å². The van der Waals surface area contributed by atoms with Crippen LogP contribution in [0.25, 0.3) is 0 Å². The van der Waals surface area contributed by atoms with Gasteiger partial charge in [-0.15, -0.1) is 0 Å². The molecule has 110 valence electrons. The minimum absolute atomic E-state index is 0.0539. The average molecular weight is 278 g/mol. The molecule has 0 bridgehead atoms. The number of piperidine rings is 1. The summed E-state index contributed by atoms with van der Waals surface area (Å²) >= 11 is 0. The van der Waals surface area contributed by atoms with Crippen LogP contribution in [0.3, 0.4) is 0 Å². The lowest BCUT2D eigenvalue weighted by Gasteiger charge is -2.29. The van der Waals surface area contributed by atoms with Gasteiger partial charge in [0, 0.05) is 37.9 Å². The third-order valence-electron chi connectivity index (χ3n) is 3.61. The summed E-state index contributed by atoms with van der Waals surface area (Å²) in [7, 11) is 0. The number of anilines is 1. The molecule has 0 aromatic carbocycles. The fourth-order valence-electron chi connectivity index (χ4n) is 2.37. The summed E-state index contributed by atoms with van der Waals surface area (Å²) in [5.74, 6) is -0.0539. The van der Waals surface area contributed by atoms with E-state index >= 15 is 0 Å². The van der Waals surface area contributed by atoms with E-state index in [-0.39, 0.29) is 17.5 Å². The molecule has 2 rings (SSSR count). The van der Waals surface area contributed by atoms with E-state index in [1.807, 2.05) is 6.92 Å². The predicted molar refractivity (Wildman–Crippen MR) is 78.7 cm³/mol. The molecule has 0 atom stereocenters. The molecule has 1 amide bonds. The number of hydrogen-bond donors (Lipinski definition) is 2. The number of amides is 1. The maximum atomic E-state index is 12.0. The van der Waals surface area contributed by atoms with E-state index in [0.717, 1.165) is 25.9 Å². The minimum atomic E-state index is -0.0597. The molecule has 0 spiro atoms. The van der Waals surface area contributed by atoms with Gasteiger partial charge >= 0.3 is 0 Å². The zero-order chi connectivity index (χ0) is 14.5. The second kappa shape index (κ2) is 6.67. The van der Waals surface area contributed by atoms with Crippen LogP contribution in [0.15, 0.2) is 23.1 Å². The van der Waals surface area contributed by atoms with Crippen molar-refractivity contribution < 1.29 is 4.79 Å². The van der Waals surface area contributed by atoms with Crippen LogP contribution in [0, 0.1) is 0 Å². The van der Waals surface area contributed by atoms with Gasteiger partial charge in [-0.1, -0.05) is 0 Å². The van der Waals surface area contributed by atoms with Gasteiger partial charge in [-0.3, -0.25) is 14.5 Å². The maximum absolute atomic E-state index is 12.0. The number of nitrogens with zero attached hydrogens (tertiary/aromatic N) is 2. The Balaban J connectivity index is 1.89. The Bertz CT molecular complexity index is 518. The maximum Gasteiger partial charge on any atom is 0.250 e. The summed E-state index contributed by atoms with van der Waals surface area (Å²) in [5, 5.41) is 2.83. The van der Waals surface area contributed by atoms with E-state index in [4.69, 9.17) is 5.73 Å². The monoisotopic (exact) mass is 278 g/mol. The van der Waals surface area contributed by atoms with Crippen molar-refractivity contribution in [3.63, 3.8) is 0 Å². The van der Waals surface area contributed by atoms with Crippen molar-refractivity contribution >= 4 is 11.6 Å². The lowest BCUT2D eigenvalue weighted by Crippen LogP contribution is -2.43. The number of aromatic nitrogens is 1. The first-order chi connectivity index (χ1) is 9.58. The summed E-state index contributed by atoms with van der Waals surface area (Å²) in [6, 6.07) is 3.37. The van der Waals surface area contributed by atoms with Crippen LogP contribution in [-0.2, 0) is 11.3 Å². The van der Waals surface area contributed by atoms with Crippen LogP contribution < -0.4 is 16.6 Å². The minimum Gasteiger partial charge on any atom is -0.328 e. The fraction of sp³-hybridized carbons (Fsp3) is 0.571. The third-order valence-corrected chi connectivity index (χ3v) is 3.61. The first-order valence-corrected chi connectivity index (χ1v) is 7.06. The molecule has 1 aliphatic rings. The highest BCUT2D eigenvalue weighted by Crippen LogP contribution is 2.09. The van der Waals surface area contributed by atoms with E-state index in [0.29, 0.717) is 18.8 Å². The first kappa shape index (κ1) is 14.7. The molecule has 1 aliphatic heterocycles. The smallest absolute Gasteiger partial charge is 0.250 e. The van der Waals surface area contributed by atoms with Gasteiger partial charge in [0.25, 0.3) is 5.56 Å². The molecule has 1 aromatic heterocycles. The van der Waals surface area contributed by atoms with E-state index < -0.39 is 0 Å². The highest BCUT2D eigenvalue weighted by atomic mass is 16.2. The molecule has 20 heavy (non-hydrogen) atoms. The number of nitrogens with one attached hydrogen (secondary N) is 1. The largest absolute Gasteiger partial charge is 0.328 e. The molecular weight excluding hydrogens is 256 g/mol. The molecule has 0 aliphatic carbocycles. The number of pyridine rings is 1. The first-order valence-electron chi connectivity index (χ1n) is 7.06. The molecule has 3 N–H and O–H groups in total. The average Bonchev–Trinajstić information content (AvgIpc) is 2.43. The zero-order valence-electron chi connectivity index (χ0n) is 11.8. The number of aryl methyl sites for hydroxylation is 1. The van der Waals surface area contributed by atoms with E-state index in [9.17, 15) is 9.59 Å². The lowest BCUT2D eigenvalue weighted by molar-refractivity contribution is -0.117. The van der Waals surface area contributed by atoms with Crippen molar-refractivity contribution in [3.05, 3.63) is 28.7 Å². The number of rotatable bonds is 4. The Hall–Kier alpha value is -1.66. The van der Waals surface area contributed by atoms with Crippen LogP contribution >= 0.6 is 0 Å². The Kier molecular flexibility index (Phi) is 4.92. The van der Waals surface area contributed by atoms with Gasteiger partial charge in [0.1, 0.15) is 0 Å².